The summed E-state index contributed by atoms with van der Waals surface area (Å²) in [5.41, 5.74) is 3.03. The van der Waals surface area contributed by atoms with Gasteiger partial charge in [-0.1, -0.05) is 26.8 Å². The topological polar surface area (TPSA) is 24.9 Å². The molecule has 2 rings (SSSR count). The van der Waals surface area contributed by atoms with Crippen molar-refractivity contribution in [1.82, 2.24) is 10.3 Å². The van der Waals surface area contributed by atoms with E-state index in [1.54, 1.807) is 0 Å². The first-order valence-corrected chi connectivity index (χ1v) is 6.15. The number of hydrogen-bond donors (Lipinski definition) is 1. The Morgan fingerprint density at radius 1 is 1.44 bits per heavy atom. The predicted octanol–water partition coefficient (Wildman–Crippen LogP) is 2.75. The average molecular weight is 218 g/mol. The Bertz CT molecular complexity index is 365. The second kappa shape index (κ2) is 4.17. The van der Waals surface area contributed by atoms with Crippen LogP contribution in [0, 0.1) is 5.41 Å². The van der Waals surface area contributed by atoms with E-state index < -0.39 is 0 Å². The molecule has 16 heavy (non-hydrogen) atoms. The molecule has 2 atom stereocenters. The third kappa shape index (κ3) is 1.99. The Labute approximate surface area is 98.5 Å². The first kappa shape index (κ1) is 11.6. The van der Waals surface area contributed by atoms with Crippen molar-refractivity contribution in [3.05, 3.63) is 29.6 Å². The van der Waals surface area contributed by atoms with Crippen LogP contribution in [0.3, 0.4) is 0 Å². The molecule has 0 saturated carbocycles. The van der Waals surface area contributed by atoms with Crippen LogP contribution >= 0.6 is 0 Å². The van der Waals surface area contributed by atoms with Gasteiger partial charge in [0, 0.05) is 23.9 Å². The van der Waals surface area contributed by atoms with E-state index in [-0.39, 0.29) is 5.41 Å². The maximum absolute atomic E-state index is 4.58. The molecule has 2 unspecified atom stereocenters. The monoisotopic (exact) mass is 218 g/mol. The minimum Gasteiger partial charge on any atom is -0.316 e. The smallest absolute Gasteiger partial charge is 0.0482 e. The number of likely N-dealkylation sites (N-methyl/N-ethyl adjacent to an activating group) is 1. The number of pyridine rings is 1. The van der Waals surface area contributed by atoms with Crippen LogP contribution in [0.15, 0.2) is 18.3 Å². The van der Waals surface area contributed by atoms with Gasteiger partial charge in [-0.2, -0.15) is 0 Å². The molecular weight excluding hydrogens is 196 g/mol. The van der Waals surface area contributed by atoms with Crippen LogP contribution in [0.5, 0.6) is 0 Å². The summed E-state index contributed by atoms with van der Waals surface area (Å²) < 4.78 is 0. The molecule has 1 heterocycles. The van der Waals surface area contributed by atoms with Crippen molar-refractivity contribution in [2.24, 2.45) is 5.41 Å². The van der Waals surface area contributed by atoms with Crippen molar-refractivity contribution in [3.63, 3.8) is 0 Å². The maximum atomic E-state index is 4.58. The van der Waals surface area contributed by atoms with E-state index in [1.807, 2.05) is 12.3 Å². The van der Waals surface area contributed by atoms with Crippen LogP contribution in [0.4, 0.5) is 0 Å². The van der Waals surface area contributed by atoms with Gasteiger partial charge in [-0.25, -0.2) is 0 Å². The minimum atomic E-state index is 0.276. The molecule has 1 N–H and O–H groups in total. The van der Waals surface area contributed by atoms with Crippen molar-refractivity contribution < 1.29 is 0 Å². The predicted molar refractivity (Wildman–Crippen MR) is 67.6 cm³/mol. The Hall–Kier alpha value is -0.890. The zero-order chi connectivity index (χ0) is 11.8. The third-order valence-electron chi connectivity index (χ3n) is 3.65. The van der Waals surface area contributed by atoms with Gasteiger partial charge >= 0.3 is 0 Å². The highest BCUT2D eigenvalue weighted by Crippen LogP contribution is 2.39. The third-order valence-corrected chi connectivity index (χ3v) is 3.65. The minimum absolute atomic E-state index is 0.276. The summed E-state index contributed by atoms with van der Waals surface area (Å²) in [5, 5.41) is 3.48. The van der Waals surface area contributed by atoms with Crippen LogP contribution in [0.2, 0.25) is 0 Å². The number of rotatable bonds is 2. The van der Waals surface area contributed by atoms with Gasteiger partial charge in [0.1, 0.15) is 0 Å². The van der Waals surface area contributed by atoms with Crippen molar-refractivity contribution in [2.75, 3.05) is 7.05 Å². The standard InChI is InChI=1S/C14H22N2/c1-14(2,3)13(15-4)11-8-7-10-6-5-9-16-12(10)11/h5-6,9,11,13,15H,7-8H2,1-4H3. The molecule has 0 bridgehead atoms. The van der Waals surface area contributed by atoms with Gasteiger partial charge < -0.3 is 5.32 Å². The van der Waals surface area contributed by atoms with Gasteiger partial charge in [0.2, 0.25) is 0 Å². The lowest BCUT2D eigenvalue weighted by Crippen LogP contribution is -2.42. The van der Waals surface area contributed by atoms with Crippen LogP contribution in [0.1, 0.15) is 44.4 Å². The number of fused-ring (bicyclic) bond motifs is 1. The molecular formula is C14H22N2. The van der Waals surface area contributed by atoms with E-state index in [1.165, 1.54) is 24.1 Å². The molecule has 0 amide bonds. The van der Waals surface area contributed by atoms with Crippen molar-refractivity contribution in [1.29, 1.82) is 0 Å². The number of nitrogens with zero attached hydrogens (tertiary/aromatic N) is 1. The summed E-state index contributed by atoms with van der Waals surface area (Å²) in [6, 6.07) is 4.77. The van der Waals surface area contributed by atoms with Gasteiger partial charge in [0.15, 0.2) is 0 Å². The fourth-order valence-electron chi connectivity index (χ4n) is 3.01. The van der Waals surface area contributed by atoms with E-state index >= 15 is 0 Å². The van der Waals surface area contributed by atoms with Crippen molar-refractivity contribution >= 4 is 0 Å². The van der Waals surface area contributed by atoms with Crippen LogP contribution in [-0.4, -0.2) is 18.1 Å². The van der Waals surface area contributed by atoms with E-state index in [4.69, 9.17) is 0 Å². The number of nitrogens with one attached hydrogen (secondary N) is 1. The maximum Gasteiger partial charge on any atom is 0.0482 e. The zero-order valence-electron chi connectivity index (χ0n) is 10.7. The molecule has 1 aromatic rings. The molecule has 88 valence electrons. The van der Waals surface area contributed by atoms with Gasteiger partial charge in [-0.3, -0.25) is 4.98 Å². The van der Waals surface area contributed by atoms with Crippen molar-refractivity contribution in [2.45, 2.75) is 45.6 Å². The highest BCUT2D eigenvalue weighted by Gasteiger charge is 2.36. The van der Waals surface area contributed by atoms with E-state index in [9.17, 15) is 0 Å². The molecule has 2 nitrogen and oxygen atoms in total. The van der Waals surface area contributed by atoms with Crippen LogP contribution in [-0.2, 0) is 6.42 Å². The lowest BCUT2D eigenvalue weighted by Gasteiger charge is -2.35. The zero-order valence-corrected chi connectivity index (χ0v) is 10.7. The molecule has 1 aliphatic carbocycles. The number of aromatic nitrogens is 1. The summed E-state index contributed by atoms with van der Waals surface area (Å²) in [6.07, 6.45) is 4.34. The van der Waals surface area contributed by atoms with Crippen LogP contribution in [0.25, 0.3) is 0 Å². The van der Waals surface area contributed by atoms with Gasteiger partial charge in [0.05, 0.1) is 0 Å². The summed E-state index contributed by atoms with van der Waals surface area (Å²) in [5.74, 6) is 0.571. The van der Waals surface area contributed by atoms with Gasteiger partial charge in [-0.15, -0.1) is 0 Å². The van der Waals surface area contributed by atoms with Crippen LogP contribution < -0.4 is 5.32 Å². The summed E-state index contributed by atoms with van der Waals surface area (Å²) in [6.45, 7) is 6.90. The summed E-state index contributed by atoms with van der Waals surface area (Å²) in [7, 11) is 2.07. The van der Waals surface area contributed by atoms with Gasteiger partial charge in [-0.05, 0) is 36.9 Å². The van der Waals surface area contributed by atoms with Crippen molar-refractivity contribution in [3.8, 4) is 0 Å². The summed E-state index contributed by atoms with van der Waals surface area (Å²) in [4.78, 5) is 4.58. The average Bonchev–Trinajstić information content (AvgIpc) is 2.61. The van der Waals surface area contributed by atoms with E-state index in [2.05, 4.69) is 44.2 Å². The highest BCUT2D eigenvalue weighted by atomic mass is 14.9. The Balaban J connectivity index is 2.30. The second-order valence-electron chi connectivity index (χ2n) is 5.83. The molecule has 0 fully saturated rings. The SMILES string of the molecule is CNC(C1CCc2cccnc21)C(C)(C)C. The molecule has 1 aliphatic rings. The first-order valence-electron chi connectivity index (χ1n) is 6.15. The van der Waals surface area contributed by atoms with E-state index in [0.717, 1.165) is 0 Å². The largest absolute Gasteiger partial charge is 0.316 e. The lowest BCUT2D eigenvalue weighted by molar-refractivity contribution is 0.240. The number of aryl methyl sites for hydroxylation is 1. The number of hydrogen-bond acceptors (Lipinski definition) is 2. The Morgan fingerprint density at radius 2 is 2.19 bits per heavy atom. The molecule has 0 aliphatic heterocycles. The Morgan fingerprint density at radius 3 is 2.81 bits per heavy atom. The summed E-state index contributed by atoms with van der Waals surface area (Å²) >= 11 is 0. The molecule has 2 heteroatoms. The molecule has 1 aromatic heterocycles. The molecule has 0 radical (unpaired) electrons. The molecule has 0 saturated heterocycles. The Kier molecular flexibility index (Phi) is 3.02. The fourth-order valence-corrected chi connectivity index (χ4v) is 3.01. The highest BCUT2D eigenvalue weighted by molar-refractivity contribution is 5.30. The quantitative estimate of drug-likeness (QED) is 0.825. The lowest BCUT2D eigenvalue weighted by atomic mass is 9.78. The van der Waals surface area contributed by atoms with Gasteiger partial charge in [0.25, 0.3) is 0 Å². The normalized spacial score (nSPS) is 21.9. The molecule has 0 aromatic carbocycles. The fraction of sp³-hybridized carbons (Fsp3) is 0.643. The molecule has 0 spiro atoms. The van der Waals surface area contributed by atoms with E-state index in [0.29, 0.717) is 12.0 Å². The second-order valence-corrected chi connectivity index (χ2v) is 5.83. The first-order chi connectivity index (χ1) is 7.54.